The molecular weight excluding hydrogens is 620 g/mol. The standard InChI is InChI=1S/C45H78O5/c1-4-7-10-13-16-19-21-22-23-25-28-31-34-37-40-48-41-43(50-45(47)39-36-33-30-26-18-15-12-9-6-3)42-49-44(46)38-35-32-29-27-24-20-17-14-11-8-5-2/h7,10,14,16-17,19,22-23,28,31,43H,4-6,8-9,11-13,15,18,20-21,24-27,29-30,32-42H2,1-3H3/b10-7-,17-14-,19-16-,23-22-,31-28-. The molecule has 0 bridgehead atoms. The SMILES string of the molecule is CC/C=C\C/C=C\C/C=C\C/C=C\CCCOCC(COC(=O)CCCCCCC/C=C\CCCC)OC(=O)CCCCCCCCCCC. The molecule has 1 unspecified atom stereocenters. The normalized spacial score (nSPS) is 12.8. The fourth-order valence-corrected chi connectivity index (χ4v) is 5.43. The summed E-state index contributed by atoms with van der Waals surface area (Å²) < 4.78 is 17.1. The Labute approximate surface area is 309 Å². The Bertz CT molecular complexity index is 884. The van der Waals surface area contributed by atoms with Gasteiger partial charge in [-0.15, -0.1) is 0 Å². The van der Waals surface area contributed by atoms with Crippen LogP contribution in [-0.4, -0.2) is 37.9 Å². The van der Waals surface area contributed by atoms with Gasteiger partial charge in [0.25, 0.3) is 0 Å². The quantitative estimate of drug-likeness (QED) is 0.0367. The number of hydrogen-bond acceptors (Lipinski definition) is 5. The van der Waals surface area contributed by atoms with Crippen molar-refractivity contribution < 1.29 is 23.8 Å². The minimum atomic E-state index is -0.562. The molecule has 1 atom stereocenters. The van der Waals surface area contributed by atoms with Gasteiger partial charge in [0.2, 0.25) is 0 Å². The number of carbonyl (C=O) groups excluding carboxylic acids is 2. The van der Waals surface area contributed by atoms with E-state index in [1.165, 1.54) is 77.0 Å². The lowest BCUT2D eigenvalue weighted by atomic mass is 10.1. The van der Waals surface area contributed by atoms with Crippen molar-refractivity contribution in [3.63, 3.8) is 0 Å². The molecule has 0 N–H and O–H groups in total. The third kappa shape index (κ3) is 38.4. The van der Waals surface area contributed by atoms with E-state index in [0.29, 0.717) is 19.4 Å². The third-order valence-electron chi connectivity index (χ3n) is 8.54. The van der Waals surface area contributed by atoms with Crippen LogP contribution in [0, 0.1) is 0 Å². The number of carbonyl (C=O) groups is 2. The van der Waals surface area contributed by atoms with Gasteiger partial charge in [0.05, 0.1) is 6.61 Å². The van der Waals surface area contributed by atoms with E-state index >= 15 is 0 Å². The first kappa shape index (κ1) is 47.6. The lowest BCUT2D eigenvalue weighted by Crippen LogP contribution is -2.30. The van der Waals surface area contributed by atoms with Crippen molar-refractivity contribution in [2.45, 2.75) is 194 Å². The summed E-state index contributed by atoms with van der Waals surface area (Å²) in [6.45, 7) is 7.50. The van der Waals surface area contributed by atoms with Crippen LogP contribution in [0.3, 0.4) is 0 Å². The zero-order valence-corrected chi connectivity index (χ0v) is 32.9. The van der Waals surface area contributed by atoms with Crippen molar-refractivity contribution in [2.24, 2.45) is 0 Å². The molecule has 0 aromatic rings. The molecule has 0 aliphatic rings. The van der Waals surface area contributed by atoms with E-state index in [1.807, 2.05) is 0 Å². The summed E-state index contributed by atoms with van der Waals surface area (Å²) in [4.78, 5) is 25.1. The molecule has 0 aromatic carbocycles. The van der Waals surface area contributed by atoms with Crippen LogP contribution in [0.4, 0.5) is 0 Å². The molecule has 0 radical (unpaired) electrons. The molecule has 5 heteroatoms. The van der Waals surface area contributed by atoms with Crippen LogP contribution >= 0.6 is 0 Å². The van der Waals surface area contributed by atoms with E-state index in [2.05, 4.69) is 81.5 Å². The smallest absolute Gasteiger partial charge is 0.306 e. The molecule has 0 aliphatic carbocycles. The fourth-order valence-electron chi connectivity index (χ4n) is 5.43. The van der Waals surface area contributed by atoms with Crippen molar-refractivity contribution in [1.82, 2.24) is 0 Å². The van der Waals surface area contributed by atoms with Crippen molar-refractivity contribution in [3.05, 3.63) is 60.8 Å². The number of ether oxygens (including phenoxy) is 3. The van der Waals surface area contributed by atoms with Crippen LogP contribution in [0.5, 0.6) is 0 Å². The van der Waals surface area contributed by atoms with Crippen molar-refractivity contribution in [3.8, 4) is 0 Å². The largest absolute Gasteiger partial charge is 0.462 e. The summed E-state index contributed by atoms with van der Waals surface area (Å²) in [6.07, 6.45) is 49.4. The van der Waals surface area contributed by atoms with Crippen LogP contribution in [0.2, 0.25) is 0 Å². The van der Waals surface area contributed by atoms with Gasteiger partial charge in [-0.25, -0.2) is 0 Å². The Kier molecular flexibility index (Phi) is 39.1. The predicted molar refractivity (Wildman–Crippen MR) is 214 cm³/mol. The maximum absolute atomic E-state index is 12.6. The van der Waals surface area contributed by atoms with Gasteiger partial charge in [0.1, 0.15) is 6.61 Å². The zero-order valence-electron chi connectivity index (χ0n) is 32.9. The Morgan fingerprint density at radius 3 is 1.52 bits per heavy atom. The van der Waals surface area contributed by atoms with E-state index in [-0.39, 0.29) is 25.2 Å². The van der Waals surface area contributed by atoms with Crippen molar-refractivity contribution in [2.75, 3.05) is 19.8 Å². The molecule has 0 spiro atoms. The molecule has 0 fully saturated rings. The highest BCUT2D eigenvalue weighted by Crippen LogP contribution is 2.12. The number of rotatable bonds is 37. The number of esters is 2. The van der Waals surface area contributed by atoms with Crippen LogP contribution in [-0.2, 0) is 23.8 Å². The lowest BCUT2D eigenvalue weighted by molar-refractivity contribution is -0.163. The number of unbranched alkanes of at least 4 members (excludes halogenated alkanes) is 16. The molecule has 50 heavy (non-hydrogen) atoms. The molecule has 0 rings (SSSR count). The van der Waals surface area contributed by atoms with Gasteiger partial charge in [-0.2, -0.15) is 0 Å². The second-order valence-corrected chi connectivity index (χ2v) is 13.5. The Hall–Kier alpha value is -2.40. The minimum absolute atomic E-state index is 0.0591. The summed E-state index contributed by atoms with van der Waals surface area (Å²) in [5.74, 6) is -0.444. The van der Waals surface area contributed by atoms with Gasteiger partial charge in [-0.1, -0.05) is 165 Å². The third-order valence-corrected chi connectivity index (χ3v) is 8.54. The van der Waals surface area contributed by atoms with Crippen LogP contribution in [0.15, 0.2) is 60.8 Å². The lowest BCUT2D eigenvalue weighted by Gasteiger charge is -2.18. The minimum Gasteiger partial charge on any atom is -0.462 e. The second kappa shape index (κ2) is 41.0. The highest BCUT2D eigenvalue weighted by atomic mass is 16.6. The monoisotopic (exact) mass is 699 g/mol. The van der Waals surface area contributed by atoms with Crippen LogP contribution in [0.25, 0.3) is 0 Å². The number of allylic oxidation sites excluding steroid dienone is 10. The average molecular weight is 699 g/mol. The Morgan fingerprint density at radius 1 is 0.460 bits per heavy atom. The van der Waals surface area contributed by atoms with E-state index < -0.39 is 6.10 Å². The first-order chi connectivity index (χ1) is 24.6. The summed E-state index contributed by atoms with van der Waals surface area (Å²) in [5.41, 5.74) is 0. The zero-order chi connectivity index (χ0) is 36.4. The molecule has 0 saturated heterocycles. The Morgan fingerprint density at radius 2 is 0.920 bits per heavy atom. The fraction of sp³-hybridized carbons (Fsp3) is 0.733. The van der Waals surface area contributed by atoms with Gasteiger partial charge in [0, 0.05) is 19.4 Å². The average Bonchev–Trinajstić information content (AvgIpc) is 3.11. The van der Waals surface area contributed by atoms with Gasteiger partial charge in [0.15, 0.2) is 6.10 Å². The molecule has 0 aromatic heterocycles. The summed E-state index contributed by atoms with van der Waals surface area (Å²) in [5, 5.41) is 0. The highest BCUT2D eigenvalue weighted by molar-refractivity contribution is 5.70. The van der Waals surface area contributed by atoms with E-state index in [9.17, 15) is 9.59 Å². The van der Waals surface area contributed by atoms with E-state index in [4.69, 9.17) is 14.2 Å². The molecule has 0 heterocycles. The molecule has 0 saturated carbocycles. The first-order valence-electron chi connectivity index (χ1n) is 20.8. The van der Waals surface area contributed by atoms with E-state index in [0.717, 1.165) is 77.0 Å². The topological polar surface area (TPSA) is 61.8 Å². The molecule has 0 aliphatic heterocycles. The van der Waals surface area contributed by atoms with Gasteiger partial charge in [-0.3, -0.25) is 9.59 Å². The second-order valence-electron chi connectivity index (χ2n) is 13.5. The maximum Gasteiger partial charge on any atom is 0.306 e. The summed E-state index contributed by atoms with van der Waals surface area (Å²) in [7, 11) is 0. The molecular formula is C45H78O5. The van der Waals surface area contributed by atoms with Crippen LogP contribution in [0.1, 0.15) is 188 Å². The number of hydrogen-bond donors (Lipinski definition) is 0. The Balaban J connectivity index is 4.34. The van der Waals surface area contributed by atoms with Gasteiger partial charge < -0.3 is 14.2 Å². The van der Waals surface area contributed by atoms with Crippen LogP contribution < -0.4 is 0 Å². The van der Waals surface area contributed by atoms with Gasteiger partial charge in [-0.05, 0) is 70.6 Å². The predicted octanol–water partition coefficient (Wildman–Crippen LogP) is 13.4. The maximum atomic E-state index is 12.6. The van der Waals surface area contributed by atoms with Gasteiger partial charge >= 0.3 is 11.9 Å². The van der Waals surface area contributed by atoms with Crippen molar-refractivity contribution in [1.29, 1.82) is 0 Å². The first-order valence-corrected chi connectivity index (χ1v) is 20.8. The summed E-state index contributed by atoms with van der Waals surface area (Å²) >= 11 is 0. The molecule has 0 amide bonds. The summed E-state index contributed by atoms with van der Waals surface area (Å²) in [6, 6.07) is 0. The molecule has 5 nitrogen and oxygen atoms in total. The molecule has 288 valence electrons. The highest BCUT2D eigenvalue weighted by Gasteiger charge is 2.17. The van der Waals surface area contributed by atoms with E-state index in [1.54, 1.807) is 0 Å². The van der Waals surface area contributed by atoms with Crippen molar-refractivity contribution >= 4 is 11.9 Å².